The molecule has 0 spiro atoms. The molecule has 0 aliphatic heterocycles. The Hall–Kier alpha value is -1.43. The summed E-state index contributed by atoms with van der Waals surface area (Å²) in [5.41, 5.74) is 11.1. The molecule has 8 atom stereocenters. The van der Waals surface area contributed by atoms with Crippen molar-refractivity contribution >= 4 is 17.7 Å². The standard InChI is InChI=1S/C23H36N2O4/c1-22-9-7-14(29-21(28)18(24)12-20(25)27)11-13(22)3-4-15-16-5-6-19(26)23(16,2)10-8-17(15)22/h13-18H,3-12,24H2,1-2H3,(H2,25,27)/t13?,14-,15-,16-,17-,18-,22-,23-/m0/s1. The minimum Gasteiger partial charge on any atom is -0.461 e. The molecule has 0 aromatic heterocycles. The Morgan fingerprint density at radius 1 is 1.10 bits per heavy atom. The fraction of sp³-hybridized carbons (Fsp3) is 0.870. The number of ketones is 1. The van der Waals surface area contributed by atoms with Crippen LogP contribution in [-0.2, 0) is 19.1 Å². The highest BCUT2D eigenvalue weighted by atomic mass is 16.5. The molecule has 4 aliphatic carbocycles. The highest BCUT2D eigenvalue weighted by Gasteiger charge is 2.60. The van der Waals surface area contributed by atoms with Crippen molar-refractivity contribution in [2.75, 3.05) is 0 Å². The minimum absolute atomic E-state index is 0.0757. The second-order valence-corrected chi connectivity index (χ2v) is 10.7. The SMILES string of the molecule is C[C@]12CC[C@H](OC(=O)[C@@H](N)CC(N)=O)CC1CC[C@@H]1[C@@H]2CC[C@]2(C)C(=O)CC[C@@H]12. The molecule has 0 bridgehead atoms. The molecule has 0 saturated heterocycles. The van der Waals surface area contributed by atoms with Crippen LogP contribution in [0, 0.1) is 34.5 Å². The third kappa shape index (κ3) is 3.41. The van der Waals surface area contributed by atoms with Gasteiger partial charge in [-0.25, -0.2) is 0 Å². The van der Waals surface area contributed by atoms with Crippen molar-refractivity contribution in [1.29, 1.82) is 0 Å². The highest BCUT2D eigenvalue weighted by Crippen LogP contribution is 2.65. The minimum atomic E-state index is -0.965. The van der Waals surface area contributed by atoms with Crippen LogP contribution in [0.15, 0.2) is 0 Å². The summed E-state index contributed by atoms with van der Waals surface area (Å²) in [5, 5.41) is 0. The first-order valence-corrected chi connectivity index (χ1v) is 11.4. The molecule has 0 aromatic rings. The molecule has 1 unspecified atom stereocenters. The Kier molecular flexibility index (Phi) is 5.29. The number of rotatable bonds is 4. The van der Waals surface area contributed by atoms with E-state index in [1.54, 1.807) is 0 Å². The number of ether oxygens (including phenoxy) is 1. The normalized spacial score (nSPS) is 44.9. The average Bonchev–Trinajstić information content (AvgIpc) is 2.96. The van der Waals surface area contributed by atoms with Gasteiger partial charge in [-0.3, -0.25) is 14.4 Å². The van der Waals surface area contributed by atoms with Crippen molar-refractivity contribution in [3.63, 3.8) is 0 Å². The molecule has 0 heterocycles. The molecule has 0 aromatic carbocycles. The van der Waals surface area contributed by atoms with E-state index in [4.69, 9.17) is 16.2 Å². The molecule has 0 radical (unpaired) electrons. The number of carbonyl (C=O) groups is 3. The zero-order valence-electron chi connectivity index (χ0n) is 17.8. The first kappa shape index (κ1) is 20.8. The lowest BCUT2D eigenvalue weighted by Gasteiger charge is -2.60. The number of amides is 1. The zero-order chi connectivity index (χ0) is 21.0. The van der Waals surface area contributed by atoms with E-state index in [9.17, 15) is 14.4 Å². The van der Waals surface area contributed by atoms with Gasteiger partial charge in [0.2, 0.25) is 5.91 Å². The molecule has 4 rings (SSSR count). The second kappa shape index (κ2) is 7.36. The van der Waals surface area contributed by atoms with Crippen molar-refractivity contribution in [2.45, 2.75) is 90.2 Å². The summed E-state index contributed by atoms with van der Waals surface area (Å²) in [6, 6.07) is -0.965. The molecule has 4 saturated carbocycles. The number of Topliss-reactive ketones (excluding diaryl/α,β-unsaturated/α-hetero) is 1. The van der Waals surface area contributed by atoms with Gasteiger partial charge in [0.05, 0.1) is 6.42 Å². The van der Waals surface area contributed by atoms with Crippen LogP contribution < -0.4 is 11.5 Å². The summed E-state index contributed by atoms with van der Waals surface area (Å²) < 4.78 is 5.67. The zero-order valence-corrected chi connectivity index (χ0v) is 17.8. The van der Waals surface area contributed by atoms with Crippen molar-refractivity contribution in [2.24, 2.45) is 46.0 Å². The molecule has 1 amide bonds. The van der Waals surface area contributed by atoms with Crippen molar-refractivity contribution in [1.82, 2.24) is 0 Å². The summed E-state index contributed by atoms with van der Waals surface area (Å²) in [6.45, 7) is 4.67. The van der Waals surface area contributed by atoms with E-state index in [1.165, 1.54) is 6.42 Å². The van der Waals surface area contributed by atoms with E-state index in [0.29, 0.717) is 29.5 Å². The lowest BCUT2D eigenvalue weighted by molar-refractivity contribution is -0.164. The van der Waals surface area contributed by atoms with Crippen molar-refractivity contribution in [3.8, 4) is 0 Å². The number of esters is 1. The van der Waals surface area contributed by atoms with Crippen molar-refractivity contribution < 1.29 is 19.1 Å². The van der Waals surface area contributed by atoms with E-state index in [1.807, 2.05) is 0 Å². The van der Waals surface area contributed by atoms with Gasteiger partial charge in [0.1, 0.15) is 17.9 Å². The molecule has 6 heteroatoms. The molecular weight excluding hydrogens is 368 g/mol. The maximum atomic E-state index is 12.5. The van der Waals surface area contributed by atoms with Gasteiger partial charge in [-0.15, -0.1) is 0 Å². The molecule has 4 fully saturated rings. The Balaban J connectivity index is 1.42. The number of nitrogens with two attached hydrogens (primary N) is 2. The predicted molar refractivity (Wildman–Crippen MR) is 108 cm³/mol. The Morgan fingerprint density at radius 3 is 2.59 bits per heavy atom. The van der Waals surface area contributed by atoms with Crippen LogP contribution in [-0.4, -0.2) is 29.8 Å². The van der Waals surface area contributed by atoms with E-state index < -0.39 is 17.9 Å². The maximum absolute atomic E-state index is 12.5. The Morgan fingerprint density at radius 2 is 1.86 bits per heavy atom. The highest BCUT2D eigenvalue weighted by molar-refractivity contribution is 5.87. The smallest absolute Gasteiger partial charge is 0.323 e. The lowest BCUT2D eigenvalue weighted by Crippen LogP contribution is -2.54. The summed E-state index contributed by atoms with van der Waals surface area (Å²) in [6.07, 6.45) is 8.91. The van der Waals surface area contributed by atoms with E-state index in [-0.39, 0.29) is 23.4 Å². The van der Waals surface area contributed by atoms with Crippen LogP contribution >= 0.6 is 0 Å². The van der Waals surface area contributed by atoms with Gasteiger partial charge in [0.15, 0.2) is 0 Å². The van der Waals surface area contributed by atoms with E-state index >= 15 is 0 Å². The topological polar surface area (TPSA) is 112 Å². The number of hydrogen-bond donors (Lipinski definition) is 2. The van der Waals surface area contributed by atoms with Gasteiger partial charge in [-0.05, 0) is 80.5 Å². The summed E-state index contributed by atoms with van der Waals surface area (Å²) in [5.74, 6) is 1.86. The lowest BCUT2D eigenvalue weighted by atomic mass is 9.45. The van der Waals surface area contributed by atoms with Gasteiger partial charge in [-0.1, -0.05) is 13.8 Å². The van der Waals surface area contributed by atoms with E-state index in [0.717, 1.165) is 51.4 Å². The predicted octanol–water partition coefficient (Wildman–Crippen LogP) is 2.71. The van der Waals surface area contributed by atoms with Crippen LogP contribution in [0.2, 0.25) is 0 Å². The third-order valence-electron chi connectivity index (χ3n) is 9.33. The number of fused-ring (bicyclic) bond motifs is 5. The number of primary amides is 1. The molecule has 4 aliphatic rings. The monoisotopic (exact) mass is 404 g/mol. The van der Waals surface area contributed by atoms with Gasteiger partial charge in [0, 0.05) is 11.8 Å². The Bertz CT molecular complexity index is 709. The van der Waals surface area contributed by atoms with Crippen LogP contribution in [0.3, 0.4) is 0 Å². The molecule has 162 valence electrons. The van der Waals surface area contributed by atoms with Gasteiger partial charge >= 0.3 is 5.97 Å². The second-order valence-electron chi connectivity index (χ2n) is 10.7. The third-order valence-corrected chi connectivity index (χ3v) is 9.33. The average molecular weight is 405 g/mol. The van der Waals surface area contributed by atoms with Gasteiger partial charge in [-0.2, -0.15) is 0 Å². The summed E-state index contributed by atoms with van der Waals surface area (Å²) in [7, 11) is 0. The maximum Gasteiger partial charge on any atom is 0.323 e. The molecule has 6 nitrogen and oxygen atoms in total. The summed E-state index contributed by atoms with van der Waals surface area (Å²) in [4.78, 5) is 35.8. The molecular formula is C23H36N2O4. The Labute approximate surface area is 173 Å². The quantitative estimate of drug-likeness (QED) is 0.700. The van der Waals surface area contributed by atoms with Crippen LogP contribution in [0.25, 0.3) is 0 Å². The summed E-state index contributed by atoms with van der Waals surface area (Å²) >= 11 is 0. The first-order valence-electron chi connectivity index (χ1n) is 11.4. The van der Waals surface area contributed by atoms with Gasteiger partial charge < -0.3 is 16.2 Å². The largest absolute Gasteiger partial charge is 0.461 e. The number of carbonyl (C=O) groups excluding carboxylic acids is 3. The van der Waals surface area contributed by atoms with E-state index in [2.05, 4.69) is 13.8 Å². The van der Waals surface area contributed by atoms with Crippen molar-refractivity contribution in [3.05, 3.63) is 0 Å². The number of hydrogen-bond acceptors (Lipinski definition) is 5. The van der Waals surface area contributed by atoms with Crippen LogP contribution in [0.5, 0.6) is 0 Å². The molecule has 29 heavy (non-hydrogen) atoms. The fourth-order valence-electron chi connectivity index (χ4n) is 7.65. The van der Waals surface area contributed by atoms with Gasteiger partial charge in [0.25, 0.3) is 0 Å². The fourth-order valence-corrected chi connectivity index (χ4v) is 7.65. The van der Waals surface area contributed by atoms with Crippen LogP contribution in [0.1, 0.15) is 78.1 Å². The first-order chi connectivity index (χ1) is 13.6. The van der Waals surface area contributed by atoms with Crippen LogP contribution in [0.4, 0.5) is 0 Å². The molecule has 4 N–H and O–H groups in total.